The predicted molar refractivity (Wildman–Crippen MR) is 179 cm³/mol. The Hall–Kier alpha value is -3.95. The number of halogens is 4. The first-order valence-electron chi connectivity index (χ1n) is 16.2. The van der Waals surface area contributed by atoms with Gasteiger partial charge >= 0.3 is 6.18 Å². The topological polar surface area (TPSA) is 58.4 Å². The van der Waals surface area contributed by atoms with Gasteiger partial charge in [-0.3, -0.25) is 9.59 Å². The molecule has 4 aromatic rings. The predicted octanol–water partition coefficient (Wildman–Crippen LogP) is 7.23. The molecule has 0 unspecified atom stereocenters. The van der Waals surface area contributed by atoms with E-state index in [4.69, 9.17) is 11.6 Å². The van der Waals surface area contributed by atoms with E-state index in [9.17, 15) is 22.8 Å². The summed E-state index contributed by atoms with van der Waals surface area (Å²) in [5, 5.41) is 0.646. The third kappa shape index (κ3) is 8.70. The first-order valence-corrected chi connectivity index (χ1v) is 16.6. The molecule has 5 rings (SSSR count). The minimum atomic E-state index is -4.38. The minimum Gasteiger partial charge on any atom is -0.336 e. The Morgan fingerprint density at radius 3 is 2.21 bits per heavy atom. The van der Waals surface area contributed by atoms with Crippen LogP contribution in [0.25, 0.3) is 11.1 Å². The molecule has 6 nitrogen and oxygen atoms in total. The zero-order chi connectivity index (χ0) is 33.6. The van der Waals surface area contributed by atoms with Crippen LogP contribution in [0.5, 0.6) is 0 Å². The second kappa shape index (κ2) is 15.3. The van der Waals surface area contributed by atoms with E-state index in [2.05, 4.69) is 23.7 Å². The standard InChI is InChI=1S/C37H40ClF3N4O2/c1-3-43(4-2)21-22-44(24-27-11-14-28(15-12-27)29-16-18-30(19-17-29)37(39,40)41)35(46)25-45-33-10-6-9-32(33)36(47)42-34(45)20-13-26-7-5-8-31(38)23-26/h5,7-8,11-12,14-19,23H,3-4,6,9-10,13,20-22,24-25H2,1-2H3. The van der Waals surface area contributed by atoms with Crippen molar-refractivity contribution in [1.29, 1.82) is 0 Å². The molecule has 0 radical (unpaired) electrons. The fourth-order valence-corrected chi connectivity index (χ4v) is 6.40. The van der Waals surface area contributed by atoms with Crippen molar-refractivity contribution in [2.45, 2.75) is 65.2 Å². The van der Waals surface area contributed by atoms with Crippen LogP contribution in [-0.2, 0) is 49.7 Å². The van der Waals surface area contributed by atoms with Gasteiger partial charge in [-0.25, -0.2) is 0 Å². The minimum absolute atomic E-state index is 0.0625. The van der Waals surface area contributed by atoms with Crippen molar-refractivity contribution < 1.29 is 18.0 Å². The number of aryl methyl sites for hydroxylation is 2. The zero-order valence-electron chi connectivity index (χ0n) is 26.8. The molecule has 10 heteroatoms. The largest absolute Gasteiger partial charge is 0.416 e. The van der Waals surface area contributed by atoms with Gasteiger partial charge in [0.25, 0.3) is 5.56 Å². The first kappa shape index (κ1) is 34.4. The molecule has 1 heterocycles. The molecular formula is C37H40ClF3N4O2. The fourth-order valence-electron chi connectivity index (χ4n) is 6.19. The number of fused-ring (bicyclic) bond motifs is 1. The molecule has 1 aromatic heterocycles. The molecule has 47 heavy (non-hydrogen) atoms. The van der Waals surface area contributed by atoms with Crippen molar-refractivity contribution in [2.24, 2.45) is 0 Å². The summed E-state index contributed by atoms with van der Waals surface area (Å²) in [5.74, 6) is 0.543. The molecule has 0 saturated heterocycles. The Bertz CT molecular complexity index is 1730. The summed E-state index contributed by atoms with van der Waals surface area (Å²) < 4.78 is 41.0. The van der Waals surface area contributed by atoms with E-state index in [1.54, 1.807) is 0 Å². The highest BCUT2D eigenvalue weighted by molar-refractivity contribution is 6.30. The highest BCUT2D eigenvalue weighted by atomic mass is 35.5. The van der Waals surface area contributed by atoms with E-state index in [0.717, 1.165) is 60.4 Å². The molecule has 1 amide bonds. The average Bonchev–Trinajstić information content (AvgIpc) is 3.56. The number of alkyl halides is 3. The molecule has 0 atom stereocenters. The van der Waals surface area contributed by atoms with Gasteiger partial charge in [0.15, 0.2) is 0 Å². The quantitative estimate of drug-likeness (QED) is 0.151. The van der Waals surface area contributed by atoms with E-state index in [0.29, 0.717) is 60.9 Å². The number of carbonyl (C=O) groups is 1. The van der Waals surface area contributed by atoms with Gasteiger partial charge in [-0.05, 0) is 85.3 Å². The summed E-state index contributed by atoms with van der Waals surface area (Å²) in [6.45, 7) is 7.62. The number of likely N-dealkylation sites (N-methyl/N-ethyl adjacent to an activating group) is 1. The van der Waals surface area contributed by atoms with Crippen LogP contribution >= 0.6 is 11.6 Å². The van der Waals surface area contributed by atoms with Gasteiger partial charge in [0.05, 0.1) is 5.56 Å². The number of rotatable bonds is 13. The Balaban J connectivity index is 1.38. The molecule has 248 valence electrons. The van der Waals surface area contributed by atoms with Crippen molar-refractivity contribution in [3.05, 3.63) is 122 Å². The van der Waals surface area contributed by atoms with Crippen LogP contribution in [0.1, 0.15) is 54.0 Å². The SMILES string of the molecule is CCN(CC)CCN(Cc1ccc(-c2ccc(C(F)(F)F)cc2)cc1)C(=O)Cn1c(CCc2cccc(Cl)c2)nc(=O)c2c1CCC2. The van der Waals surface area contributed by atoms with E-state index >= 15 is 0 Å². The summed E-state index contributed by atoms with van der Waals surface area (Å²) >= 11 is 6.20. The molecule has 0 bridgehead atoms. The smallest absolute Gasteiger partial charge is 0.336 e. The van der Waals surface area contributed by atoms with Gasteiger partial charge in [-0.2, -0.15) is 18.2 Å². The Morgan fingerprint density at radius 1 is 0.894 bits per heavy atom. The van der Waals surface area contributed by atoms with E-state index < -0.39 is 11.7 Å². The second-order valence-electron chi connectivity index (χ2n) is 11.9. The molecule has 0 N–H and O–H groups in total. The van der Waals surface area contributed by atoms with Gasteiger partial charge in [-0.15, -0.1) is 0 Å². The first-order chi connectivity index (χ1) is 22.5. The lowest BCUT2D eigenvalue weighted by molar-refractivity contribution is -0.137. The third-order valence-corrected chi connectivity index (χ3v) is 9.18. The number of carbonyl (C=O) groups excluding carboxylic acids is 1. The summed E-state index contributed by atoms with van der Waals surface area (Å²) in [4.78, 5) is 35.7. The maximum absolute atomic E-state index is 14.1. The van der Waals surface area contributed by atoms with Gasteiger partial charge in [0, 0.05) is 42.3 Å². The number of hydrogen-bond donors (Lipinski definition) is 0. The van der Waals surface area contributed by atoms with Crippen molar-refractivity contribution >= 4 is 17.5 Å². The second-order valence-corrected chi connectivity index (χ2v) is 12.4. The summed E-state index contributed by atoms with van der Waals surface area (Å²) in [5.41, 5.74) is 4.16. The van der Waals surface area contributed by atoms with Crippen LogP contribution in [0.2, 0.25) is 5.02 Å². The molecule has 3 aromatic carbocycles. The molecule has 1 aliphatic carbocycles. The van der Waals surface area contributed by atoms with Gasteiger partial charge < -0.3 is 14.4 Å². The van der Waals surface area contributed by atoms with Crippen LogP contribution in [0.4, 0.5) is 13.2 Å². The maximum atomic E-state index is 14.1. The van der Waals surface area contributed by atoms with Gasteiger partial charge in [0.2, 0.25) is 5.91 Å². The van der Waals surface area contributed by atoms with Crippen LogP contribution in [-0.4, -0.2) is 51.4 Å². The Morgan fingerprint density at radius 2 is 1.57 bits per heavy atom. The van der Waals surface area contributed by atoms with Crippen molar-refractivity contribution in [3.8, 4) is 11.1 Å². The van der Waals surface area contributed by atoms with Crippen LogP contribution in [0.3, 0.4) is 0 Å². The monoisotopic (exact) mass is 664 g/mol. The molecular weight excluding hydrogens is 625 g/mol. The summed E-state index contributed by atoms with van der Waals surface area (Å²) in [7, 11) is 0. The zero-order valence-corrected chi connectivity index (χ0v) is 27.6. The van der Waals surface area contributed by atoms with Crippen LogP contribution in [0, 0.1) is 0 Å². The highest BCUT2D eigenvalue weighted by Gasteiger charge is 2.30. The van der Waals surface area contributed by atoms with E-state index in [-0.39, 0.29) is 18.0 Å². The van der Waals surface area contributed by atoms with Crippen LogP contribution < -0.4 is 5.56 Å². The number of nitrogens with zero attached hydrogens (tertiary/aromatic N) is 4. The van der Waals surface area contributed by atoms with Crippen molar-refractivity contribution in [1.82, 2.24) is 19.4 Å². The number of aromatic nitrogens is 2. The highest BCUT2D eigenvalue weighted by Crippen LogP contribution is 2.31. The maximum Gasteiger partial charge on any atom is 0.416 e. The van der Waals surface area contributed by atoms with Crippen molar-refractivity contribution in [2.75, 3.05) is 26.2 Å². The molecule has 0 saturated carbocycles. The van der Waals surface area contributed by atoms with Crippen molar-refractivity contribution in [3.63, 3.8) is 0 Å². The third-order valence-electron chi connectivity index (χ3n) is 8.94. The lowest BCUT2D eigenvalue weighted by Crippen LogP contribution is -2.40. The lowest BCUT2D eigenvalue weighted by atomic mass is 10.0. The lowest BCUT2D eigenvalue weighted by Gasteiger charge is -2.28. The summed E-state index contributed by atoms with van der Waals surface area (Å²) in [6, 6.07) is 20.3. The molecule has 1 aliphatic rings. The van der Waals surface area contributed by atoms with E-state index in [1.165, 1.54) is 12.1 Å². The molecule has 0 aliphatic heterocycles. The van der Waals surface area contributed by atoms with E-state index in [1.807, 2.05) is 58.0 Å². The van der Waals surface area contributed by atoms with Crippen LogP contribution in [0.15, 0.2) is 77.6 Å². The Labute approximate surface area is 278 Å². The Kier molecular flexibility index (Phi) is 11.2. The normalized spacial score (nSPS) is 12.8. The number of benzene rings is 3. The van der Waals surface area contributed by atoms with Gasteiger partial charge in [-0.1, -0.05) is 74.0 Å². The number of hydrogen-bond acceptors (Lipinski definition) is 4. The molecule has 0 spiro atoms. The average molecular weight is 665 g/mol. The van der Waals surface area contributed by atoms with Gasteiger partial charge in [0.1, 0.15) is 12.4 Å². The fraction of sp³-hybridized carbons (Fsp3) is 0.378. The summed E-state index contributed by atoms with van der Waals surface area (Å²) in [6.07, 6.45) is -0.991. The molecule has 0 fully saturated rings. The number of amides is 1.